The average Bonchev–Trinajstić information content (AvgIpc) is 1.94. The first-order valence-electron chi connectivity index (χ1n) is 3.17. The second-order valence-electron chi connectivity index (χ2n) is 2.00. The molecule has 0 saturated heterocycles. The van der Waals surface area contributed by atoms with Crippen molar-refractivity contribution in [2.45, 2.75) is 0 Å². The number of hydrogen-bond acceptors (Lipinski definition) is 0. The van der Waals surface area contributed by atoms with Crippen molar-refractivity contribution in [2.75, 3.05) is 0 Å². The summed E-state index contributed by atoms with van der Waals surface area (Å²) in [5, 5.41) is 0. The van der Waals surface area contributed by atoms with Crippen LogP contribution < -0.4 is -0.342 Å². The Morgan fingerprint density at radius 3 is 1.83 bits per heavy atom. The fraction of sp³-hybridized carbons (Fsp3) is 0. The fourth-order valence-corrected chi connectivity index (χ4v) is 1.40. The van der Waals surface area contributed by atoms with Crippen LogP contribution in [0.2, 0.25) is 0 Å². The van der Waals surface area contributed by atoms with Gasteiger partial charge in [-0.3, -0.25) is 12.9 Å². The first-order chi connectivity index (χ1) is 5.54. The van der Waals surface area contributed by atoms with Gasteiger partial charge in [0.15, 0.2) is 0 Å². The maximum atomic E-state index is 9.67. The van der Waals surface area contributed by atoms with Gasteiger partial charge in [-0.25, -0.2) is 0 Å². The summed E-state index contributed by atoms with van der Waals surface area (Å²) >= 11 is 4.24. The quantitative estimate of drug-likeness (QED) is 0.629. The van der Waals surface area contributed by atoms with E-state index in [1.54, 1.807) is 0 Å². The van der Waals surface area contributed by atoms with Gasteiger partial charge in [-0.05, 0) is 0 Å². The molecular weight excluding hydrogens is 259 g/mol. The molecule has 1 aromatic carbocycles. The zero-order valence-corrected chi connectivity index (χ0v) is 11.1. The molecule has 0 fully saturated rings. The third-order valence-electron chi connectivity index (χ3n) is 1.08. The summed E-state index contributed by atoms with van der Waals surface area (Å²) in [6.45, 7) is 0. The van der Waals surface area contributed by atoms with Crippen molar-refractivity contribution in [3.8, 4) is 0 Å². The van der Waals surface area contributed by atoms with Crippen molar-refractivity contribution in [1.82, 2.24) is 0 Å². The van der Waals surface area contributed by atoms with Crippen molar-refractivity contribution in [2.24, 2.45) is 0 Å². The molecule has 0 aliphatic heterocycles. The molecule has 0 nitrogen and oxygen atoms in total. The van der Waals surface area contributed by atoms with Crippen molar-refractivity contribution >= 4 is 72.1 Å². The van der Waals surface area contributed by atoms with E-state index >= 15 is 0 Å². The summed E-state index contributed by atoms with van der Waals surface area (Å²) in [5.74, 6) is 0. The summed E-state index contributed by atoms with van der Waals surface area (Å²) in [7, 11) is -3.67. The van der Waals surface area contributed by atoms with E-state index in [0.29, 0.717) is 0 Å². The van der Waals surface area contributed by atoms with Gasteiger partial charge >= 0.3 is 101 Å². The van der Waals surface area contributed by atoms with E-state index in [1.165, 1.54) is 4.13 Å². The molecule has 0 aliphatic rings. The molecule has 0 radical (unpaired) electrons. The molecule has 1 rings (SSSR count). The Bertz CT molecular complexity index is 210. The second-order valence-corrected chi connectivity index (χ2v) is 4.53. The van der Waals surface area contributed by atoms with E-state index in [4.69, 9.17) is 0 Å². The van der Waals surface area contributed by atoms with Gasteiger partial charge in [0, 0.05) is 0 Å². The van der Waals surface area contributed by atoms with Crippen molar-refractivity contribution in [1.29, 1.82) is 0 Å². The Labute approximate surface area is 112 Å². The zero-order chi connectivity index (χ0) is 9.56. The molecule has 0 spiro atoms. The Hall–Kier alpha value is 1.19. The number of rotatable bonds is 0. The minimum atomic E-state index is -3.67. The molecule has 0 saturated carbocycles. The van der Waals surface area contributed by atoms with E-state index in [9.17, 15) is 12.9 Å². The van der Waals surface area contributed by atoms with Gasteiger partial charge < -0.3 is 0 Å². The van der Waals surface area contributed by atoms with E-state index in [-0.39, 0.29) is 0 Å². The van der Waals surface area contributed by atoms with Gasteiger partial charge in [0.2, 0.25) is 0 Å². The average molecular weight is 263 g/mol. The Morgan fingerprint density at radius 2 is 1.58 bits per heavy atom. The van der Waals surface area contributed by atoms with Crippen molar-refractivity contribution < 1.29 is 12.9 Å². The van der Waals surface area contributed by atoms with Gasteiger partial charge in [-0.1, -0.05) is 0 Å². The van der Waals surface area contributed by atoms with Crippen LogP contribution in [-0.2, 0) is 0 Å². The van der Waals surface area contributed by atoms with Crippen LogP contribution in [-0.4, -0.2) is 56.5 Å². The van der Waals surface area contributed by atoms with Gasteiger partial charge in [0.05, 0.1) is 0 Å². The Kier molecular flexibility index (Phi) is 8.33. The molecule has 0 amide bonds. The summed E-state index contributed by atoms with van der Waals surface area (Å²) in [6.07, 6.45) is 0. The van der Waals surface area contributed by atoms with Crippen molar-refractivity contribution in [3.05, 3.63) is 28.7 Å². The van der Waals surface area contributed by atoms with E-state index in [2.05, 4.69) is 34.1 Å². The number of halogens is 4. The standard InChI is InChI=1S/C6H4Br.BF3.K/c7-6-4-2-1-3-5-6;2-1(3)4;/h1-4H;;. The van der Waals surface area contributed by atoms with E-state index in [1.807, 2.05) is 6.07 Å². The molecule has 12 heavy (non-hydrogen) atoms. The Morgan fingerprint density at radius 1 is 1.17 bits per heavy atom. The third-order valence-corrected chi connectivity index (χ3v) is 4.47. The van der Waals surface area contributed by atoms with E-state index < -0.39 is 7.54 Å². The van der Waals surface area contributed by atoms with Crippen molar-refractivity contribution in [3.63, 3.8) is 0 Å². The first-order valence-corrected chi connectivity index (χ1v) is 5.53. The molecule has 6 heteroatoms. The maximum absolute atomic E-state index is 9.67. The molecule has 60 valence electrons. The van der Waals surface area contributed by atoms with Crippen LogP contribution in [0.5, 0.6) is 0 Å². The SMILES string of the molecule is FB(F)F.[K][c]1ccccc1Br. The monoisotopic (exact) mass is 262 g/mol. The molecule has 0 bridgehead atoms. The van der Waals surface area contributed by atoms with Crippen LogP contribution in [0.1, 0.15) is 0 Å². The Balaban J connectivity index is 0.000000261. The molecule has 0 unspecified atom stereocenters. The normalized spacial score (nSPS) is 8.50. The second kappa shape index (κ2) is 7.58. The molecular formula is C6H4BBrF3K. The van der Waals surface area contributed by atoms with Gasteiger partial charge in [0.25, 0.3) is 0 Å². The molecule has 1 aromatic rings. The van der Waals surface area contributed by atoms with Gasteiger partial charge in [-0.2, -0.15) is 0 Å². The predicted octanol–water partition coefficient (Wildman–Crippen LogP) is 2.12. The topological polar surface area (TPSA) is 0 Å². The van der Waals surface area contributed by atoms with E-state index in [0.717, 1.165) is 49.0 Å². The summed E-state index contributed by atoms with van der Waals surface area (Å²) in [4.78, 5) is 0. The number of hydrogen-bond donors (Lipinski definition) is 0. The zero-order valence-electron chi connectivity index (χ0n) is 6.40. The van der Waals surface area contributed by atoms with Crippen LogP contribution in [0.4, 0.5) is 12.9 Å². The van der Waals surface area contributed by atoms with Gasteiger partial charge in [-0.15, -0.1) is 0 Å². The molecule has 0 aliphatic carbocycles. The third kappa shape index (κ3) is 7.82. The van der Waals surface area contributed by atoms with Gasteiger partial charge in [0.1, 0.15) is 0 Å². The molecule has 0 N–H and O–H groups in total. The van der Waals surface area contributed by atoms with Crippen LogP contribution in [0, 0.1) is 0 Å². The summed E-state index contributed by atoms with van der Waals surface area (Å²) in [6, 6.07) is 8.36. The molecule has 0 heterocycles. The van der Waals surface area contributed by atoms with Crippen LogP contribution in [0.3, 0.4) is 0 Å². The van der Waals surface area contributed by atoms with Crippen LogP contribution in [0.25, 0.3) is 0 Å². The van der Waals surface area contributed by atoms with Crippen LogP contribution in [0.15, 0.2) is 28.7 Å². The first kappa shape index (κ1) is 13.2. The molecule has 0 aromatic heterocycles. The predicted molar refractivity (Wildman–Crippen MR) is 48.6 cm³/mol. The summed E-state index contributed by atoms with van der Waals surface area (Å²) in [5.41, 5.74) is 0. The minimum absolute atomic E-state index is 0.799. The molecule has 0 atom stereocenters. The number of benzene rings is 1. The summed E-state index contributed by atoms with van der Waals surface area (Å²) < 4.78 is 31.7. The van der Waals surface area contributed by atoms with Crippen LogP contribution >= 0.6 is 15.9 Å². The fourth-order valence-electron chi connectivity index (χ4n) is 0.551.